The third-order valence-electron chi connectivity index (χ3n) is 3.88. The first-order valence-electron chi connectivity index (χ1n) is 7.05. The molecule has 3 nitrogen and oxygen atoms in total. The van der Waals surface area contributed by atoms with Crippen LogP contribution in [-0.4, -0.2) is 22.3 Å². The molecule has 1 aromatic heterocycles. The third kappa shape index (κ3) is 2.74. The number of aromatic amines is 1. The molecular formula is C15H20N2OS. The quantitative estimate of drug-likeness (QED) is 0.860. The van der Waals surface area contributed by atoms with Crippen molar-refractivity contribution in [1.82, 2.24) is 9.55 Å². The summed E-state index contributed by atoms with van der Waals surface area (Å²) in [6.07, 6.45) is 5.15. The number of rotatable bonds is 3. The number of hydrogen-bond donors (Lipinski definition) is 1. The molecule has 2 aromatic rings. The summed E-state index contributed by atoms with van der Waals surface area (Å²) >= 11 is 5.43. The van der Waals surface area contributed by atoms with Crippen LogP contribution in [0.4, 0.5) is 0 Å². The first kappa shape index (κ1) is 12.9. The zero-order chi connectivity index (χ0) is 13.2. The Hall–Kier alpha value is -1.13. The summed E-state index contributed by atoms with van der Waals surface area (Å²) in [6, 6.07) is 6.42. The Labute approximate surface area is 118 Å². The van der Waals surface area contributed by atoms with Crippen LogP contribution in [0.1, 0.15) is 31.2 Å². The van der Waals surface area contributed by atoms with Crippen LogP contribution in [0.2, 0.25) is 0 Å². The summed E-state index contributed by atoms with van der Waals surface area (Å²) in [5.41, 5.74) is 3.60. The molecule has 3 rings (SSSR count). The monoisotopic (exact) mass is 276 g/mol. The lowest BCUT2D eigenvalue weighted by atomic mass is 10.1. The highest BCUT2D eigenvalue weighted by atomic mass is 32.1. The van der Waals surface area contributed by atoms with Gasteiger partial charge in [-0.3, -0.25) is 0 Å². The normalized spacial score (nSPS) is 19.9. The second-order valence-electron chi connectivity index (χ2n) is 5.38. The van der Waals surface area contributed by atoms with Crippen molar-refractivity contribution in [2.45, 2.75) is 45.3 Å². The molecular weight excluding hydrogens is 256 g/mol. The van der Waals surface area contributed by atoms with Gasteiger partial charge < -0.3 is 14.3 Å². The minimum absolute atomic E-state index is 0.408. The smallest absolute Gasteiger partial charge is 0.178 e. The molecule has 2 heterocycles. The fourth-order valence-electron chi connectivity index (χ4n) is 2.79. The summed E-state index contributed by atoms with van der Waals surface area (Å²) in [7, 11) is 0. The zero-order valence-corrected chi connectivity index (χ0v) is 12.1. The van der Waals surface area contributed by atoms with Crippen LogP contribution >= 0.6 is 12.2 Å². The van der Waals surface area contributed by atoms with E-state index in [-0.39, 0.29) is 0 Å². The van der Waals surface area contributed by atoms with E-state index in [9.17, 15) is 0 Å². The molecule has 1 fully saturated rings. The van der Waals surface area contributed by atoms with Crippen molar-refractivity contribution in [2.75, 3.05) is 6.61 Å². The standard InChI is InChI=1S/C15H20N2OS/c1-11-5-6-13-14(10-11)17(15(19)16-13)8-7-12-4-2-3-9-18-12/h5-6,10,12H,2-4,7-9H2,1H3,(H,16,19). The second-order valence-corrected chi connectivity index (χ2v) is 5.77. The van der Waals surface area contributed by atoms with Crippen LogP contribution in [0.5, 0.6) is 0 Å². The molecule has 0 spiro atoms. The largest absolute Gasteiger partial charge is 0.378 e. The van der Waals surface area contributed by atoms with Crippen LogP contribution in [0.3, 0.4) is 0 Å². The molecule has 0 amide bonds. The molecule has 102 valence electrons. The lowest BCUT2D eigenvalue weighted by molar-refractivity contribution is 0.00892. The van der Waals surface area contributed by atoms with Crippen molar-refractivity contribution >= 4 is 23.3 Å². The SMILES string of the molecule is Cc1ccc2[nH]c(=S)n(CCC3CCCCO3)c2c1. The van der Waals surface area contributed by atoms with Crippen LogP contribution in [0.25, 0.3) is 11.0 Å². The summed E-state index contributed by atoms with van der Waals surface area (Å²) in [5, 5.41) is 0. The molecule has 1 saturated heterocycles. The zero-order valence-electron chi connectivity index (χ0n) is 11.3. The minimum atomic E-state index is 0.408. The number of fused-ring (bicyclic) bond motifs is 1. The van der Waals surface area contributed by atoms with Gasteiger partial charge in [-0.25, -0.2) is 0 Å². The van der Waals surface area contributed by atoms with Gasteiger partial charge in [0.25, 0.3) is 0 Å². The fraction of sp³-hybridized carbons (Fsp3) is 0.533. The average molecular weight is 276 g/mol. The summed E-state index contributed by atoms with van der Waals surface area (Å²) in [5.74, 6) is 0. The Kier molecular flexibility index (Phi) is 3.71. The van der Waals surface area contributed by atoms with Gasteiger partial charge in [-0.2, -0.15) is 0 Å². The van der Waals surface area contributed by atoms with Gasteiger partial charge in [0.2, 0.25) is 0 Å². The van der Waals surface area contributed by atoms with Crippen molar-refractivity contribution < 1.29 is 4.74 Å². The molecule has 1 N–H and O–H groups in total. The second kappa shape index (κ2) is 5.47. The number of aryl methyl sites for hydroxylation is 2. The molecule has 1 unspecified atom stereocenters. The van der Waals surface area contributed by atoms with Gasteiger partial charge in [0.15, 0.2) is 4.77 Å². The van der Waals surface area contributed by atoms with Crippen molar-refractivity contribution in [3.8, 4) is 0 Å². The van der Waals surface area contributed by atoms with Gasteiger partial charge in [0, 0.05) is 13.2 Å². The van der Waals surface area contributed by atoms with Gasteiger partial charge in [0.05, 0.1) is 17.1 Å². The Morgan fingerprint density at radius 3 is 3.11 bits per heavy atom. The predicted molar refractivity (Wildman–Crippen MR) is 80.1 cm³/mol. The van der Waals surface area contributed by atoms with Crippen molar-refractivity contribution in [3.05, 3.63) is 28.5 Å². The number of aromatic nitrogens is 2. The lowest BCUT2D eigenvalue weighted by Gasteiger charge is -2.22. The Bertz CT molecular complexity index is 623. The fourth-order valence-corrected chi connectivity index (χ4v) is 3.09. The number of nitrogens with zero attached hydrogens (tertiary/aromatic N) is 1. The molecule has 0 radical (unpaired) electrons. The van der Waals surface area contributed by atoms with E-state index in [1.165, 1.54) is 30.3 Å². The van der Waals surface area contributed by atoms with E-state index in [4.69, 9.17) is 17.0 Å². The summed E-state index contributed by atoms with van der Waals surface area (Å²) in [6.45, 7) is 3.97. The number of ether oxygens (including phenoxy) is 1. The summed E-state index contributed by atoms with van der Waals surface area (Å²) < 4.78 is 8.81. The molecule has 4 heteroatoms. The van der Waals surface area contributed by atoms with E-state index in [1.54, 1.807) is 0 Å². The molecule has 1 atom stereocenters. The van der Waals surface area contributed by atoms with Crippen LogP contribution in [-0.2, 0) is 11.3 Å². The third-order valence-corrected chi connectivity index (χ3v) is 4.20. The van der Waals surface area contributed by atoms with E-state index in [0.29, 0.717) is 6.10 Å². The van der Waals surface area contributed by atoms with E-state index >= 15 is 0 Å². The molecule has 0 bridgehead atoms. The lowest BCUT2D eigenvalue weighted by Crippen LogP contribution is -2.20. The Balaban J connectivity index is 1.81. The number of hydrogen-bond acceptors (Lipinski definition) is 2. The predicted octanol–water partition coefficient (Wildman–Crippen LogP) is 3.97. The van der Waals surface area contributed by atoms with E-state index in [2.05, 4.69) is 34.7 Å². The van der Waals surface area contributed by atoms with Gasteiger partial charge in [-0.1, -0.05) is 6.07 Å². The Morgan fingerprint density at radius 1 is 1.42 bits per heavy atom. The maximum Gasteiger partial charge on any atom is 0.178 e. The highest BCUT2D eigenvalue weighted by Gasteiger charge is 2.14. The first-order valence-corrected chi connectivity index (χ1v) is 7.45. The first-order chi connectivity index (χ1) is 9.24. The molecule has 0 saturated carbocycles. The van der Waals surface area contributed by atoms with Crippen LogP contribution in [0, 0.1) is 11.7 Å². The maximum absolute atomic E-state index is 5.79. The number of H-pyrrole nitrogens is 1. The number of benzene rings is 1. The molecule has 1 aromatic carbocycles. The highest BCUT2D eigenvalue weighted by Crippen LogP contribution is 2.20. The van der Waals surface area contributed by atoms with E-state index < -0.39 is 0 Å². The number of imidazole rings is 1. The Morgan fingerprint density at radius 2 is 2.32 bits per heavy atom. The van der Waals surface area contributed by atoms with Crippen molar-refractivity contribution in [1.29, 1.82) is 0 Å². The molecule has 19 heavy (non-hydrogen) atoms. The van der Waals surface area contributed by atoms with Crippen LogP contribution < -0.4 is 0 Å². The van der Waals surface area contributed by atoms with Gasteiger partial charge in [-0.05, 0) is 62.5 Å². The average Bonchev–Trinajstić information content (AvgIpc) is 2.73. The van der Waals surface area contributed by atoms with E-state index in [0.717, 1.165) is 29.9 Å². The highest BCUT2D eigenvalue weighted by molar-refractivity contribution is 7.71. The van der Waals surface area contributed by atoms with E-state index in [1.807, 2.05) is 0 Å². The number of nitrogens with one attached hydrogen (secondary N) is 1. The molecule has 1 aliphatic rings. The van der Waals surface area contributed by atoms with Gasteiger partial charge in [-0.15, -0.1) is 0 Å². The van der Waals surface area contributed by atoms with Crippen molar-refractivity contribution in [3.63, 3.8) is 0 Å². The topological polar surface area (TPSA) is 29.9 Å². The van der Waals surface area contributed by atoms with Gasteiger partial charge >= 0.3 is 0 Å². The van der Waals surface area contributed by atoms with Crippen LogP contribution in [0.15, 0.2) is 18.2 Å². The van der Waals surface area contributed by atoms with Crippen molar-refractivity contribution in [2.24, 2.45) is 0 Å². The van der Waals surface area contributed by atoms with Gasteiger partial charge in [0.1, 0.15) is 0 Å². The molecule has 1 aliphatic heterocycles. The minimum Gasteiger partial charge on any atom is -0.378 e. The summed E-state index contributed by atoms with van der Waals surface area (Å²) in [4.78, 5) is 3.28. The maximum atomic E-state index is 5.79. The molecule has 0 aliphatic carbocycles.